The number of hydrogen-bond acceptors (Lipinski definition) is 4. The lowest BCUT2D eigenvalue weighted by atomic mass is 10.1. The first-order valence-corrected chi connectivity index (χ1v) is 6.11. The van der Waals surface area contributed by atoms with Crippen LogP contribution in [0.1, 0.15) is 16.1 Å². The predicted octanol–water partition coefficient (Wildman–Crippen LogP) is 3.75. The minimum absolute atomic E-state index is 0.0692. The summed E-state index contributed by atoms with van der Waals surface area (Å²) in [5.74, 6) is -1.84. The molecule has 106 valence electrons. The number of hydrogen-bond donors (Lipinski definition) is 0. The number of rotatable bonds is 2. The third-order valence-corrected chi connectivity index (χ3v) is 3.31. The standard InChI is InChI=1S/C12H7F4NO2S/c1-19-11(18)9-10(20-5-17-9)6-2-7(12(14,15)16)4-8(13)3-6/h2-5H,1H3. The number of carbonyl (C=O) groups excluding carboxylic acids is 1. The summed E-state index contributed by atoms with van der Waals surface area (Å²) in [6, 6.07) is 2.07. The van der Waals surface area contributed by atoms with Crippen molar-refractivity contribution >= 4 is 17.3 Å². The van der Waals surface area contributed by atoms with Crippen molar-refractivity contribution in [2.75, 3.05) is 7.11 Å². The Morgan fingerprint density at radius 3 is 2.60 bits per heavy atom. The monoisotopic (exact) mass is 305 g/mol. The number of carbonyl (C=O) groups is 1. The van der Waals surface area contributed by atoms with E-state index in [2.05, 4.69) is 9.72 Å². The van der Waals surface area contributed by atoms with E-state index in [1.54, 1.807) is 0 Å². The highest BCUT2D eigenvalue weighted by Crippen LogP contribution is 2.35. The molecule has 0 aliphatic rings. The van der Waals surface area contributed by atoms with Crippen molar-refractivity contribution in [3.63, 3.8) is 0 Å². The number of thiazole rings is 1. The zero-order chi connectivity index (χ0) is 14.9. The number of methoxy groups -OCH3 is 1. The fraction of sp³-hybridized carbons (Fsp3) is 0.167. The second kappa shape index (κ2) is 5.20. The van der Waals surface area contributed by atoms with Gasteiger partial charge in [-0.3, -0.25) is 0 Å². The largest absolute Gasteiger partial charge is 0.464 e. The molecule has 2 aromatic rings. The van der Waals surface area contributed by atoms with E-state index in [-0.39, 0.29) is 16.1 Å². The van der Waals surface area contributed by atoms with Gasteiger partial charge in [-0.1, -0.05) is 0 Å². The third-order valence-electron chi connectivity index (χ3n) is 2.43. The lowest BCUT2D eigenvalue weighted by Gasteiger charge is -2.09. The summed E-state index contributed by atoms with van der Waals surface area (Å²) in [5, 5.41) is 0. The molecule has 0 N–H and O–H groups in total. The second-order valence-corrected chi connectivity index (χ2v) is 4.60. The highest BCUT2D eigenvalue weighted by Gasteiger charge is 2.32. The molecule has 0 fully saturated rings. The van der Waals surface area contributed by atoms with Crippen molar-refractivity contribution in [1.29, 1.82) is 0 Å². The van der Waals surface area contributed by atoms with Gasteiger partial charge >= 0.3 is 12.1 Å². The summed E-state index contributed by atoms with van der Waals surface area (Å²) in [5.41, 5.74) is -0.0621. The van der Waals surface area contributed by atoms with Gasteiger partial charge in [0.1, 0.15) is 5.82 Å². The number of nitrogens with zero attached hydrogens (tertiary/aromatic N) is 1. The molecule has 2 rings (SSSR count). The number of esters is 1. The summed E-state index contributed by atoms with van der Waals surface area (Å²) in [6.45, 7) is 0. The van der Waals surface area contributed by atoms with Gasteiger partial charge in [-0.15, -0.1) is 11.3 Å². The quantitative estimate of drug-likeness (QED) is 0.626. The predicted molar refractivity (Wildman–Crippen MR) is 63.8 cm³/mol. The Balaban J connectivity index is 2.57. The first-order valence-electron chi connectivity index (χ1n) is 5.23. The van der Waals surface area contributed by atoms with Crippen molar-refractivity contribution in [3.8, 4) is 10.4 Å². The highest BCUT2D eigenvalue weighted by molar-refractivity contribution is 7.13. The molecule has 0 bridgehead atoms. The molecule has 0 unspecified atom stereocenters. The molecule has 0 saturated heterocycles. The second-order valence-electron chi connectivity index (χ2n) is 3.75. The van der Waals surface area contributed by atoms with Crippen LogP contribution in [0.15, 0.2) is 23.7 Å². The minimum Gasteiger partial charge on any atom is -0.464 e. The fourth-order valence-electron chi connectivity index (χ4n) is 1.58. The van der Waals surface area contributed by atoms with Crippen LogP contribution in [0, 0.1) is 5.82 Å². The van der Waals surface area contributed by atoms with Gasteiger partial charge in [0, 0.05) is 0 Å². The summed E-state index contributed by atoms with van der Waals surface area (Å²) in [6.07, 6.45) is -4.67. The van der Waals surface area contributed by atoms with Crippen molar-refractivity contribution in [2.24, 2.45) is 0 Å². The molecular weight excluding hydrogens is 298 g/mol. The maximum absolute atomic E-state index is 13.3. The van der Waals surface area contributed by atoms with Crippen molar-refractivity contribution in [1.82, 2.24) is 4.98 Å². The number of halogens is 4. The lowest BCUT2D eigenvalue weighted by molar-refractivity contribution is -0.137. The average molecular weight is 305 g/mol. The molecule has 8 heteroatoms. The van der Waals surface area contributed by atoms with E-state index in [1.807, 2.05) is 0 Å². The Morgan fingerprint density at radius 2 is 2.00 bits per heavy atom. The van der Waals surface area contributed by atoms with Crippen molar-refractivity contribution < 1.29 is 27.1 Å². The van der Waals surface area contributed by atoms with Gasteiger partial charge in [0.15, 0.2) is 5.69 Å². The van der Waals surface area contributed by atoms with Gasteiger partial charge in [-0.25, -0.2) is 14.2 Å². The van der Waals surface area contributed by atoms with Crippen LogP contribution >= 0.6 is 11.3 Å². The maximum atomic E-state index is 13.3. The van der Waals surface area contributed by atoms with E-state index in [4.69, 9.17) is 0 Å². The SMILES string of the molecule is COC(=O)c1ncsc1-c1cc(F)cc(C(F)(F)F)c1. The van der Waals surface area contributed by atoms with Gasteiger partial charge in [0.25, 0.3) is 0 Å². The fourth-order valence-corrected chi connectivity index (χ4v) is 2.34. The molecule has 1 heterocycles. The Hall–Kier alpha value is -1.96. The zero-order valence-electron chi connectivity index (χ0n) is 9.99. The Morgan fingerprint density at radius 1 is 1.30 bits per heavy atom. The van der Waals surface area contributed by atoms with Crippen LogP contribution in [-0.4, -0.2) is 18.1 Å². The number of aromatic nitrogens is 1. The molecule has 0 radical (unpaired) electrons. The van der Waals surface area contributed by atoms with Crippen LogP contribution in [0.3, 0.4) is 0 Å². The number of alkyl halides is 3. The molecule has 3 nitrogen and oxygen atoms in total. The van der Waals surface area contributed by atoms with Crippen molar-refractivity contribution in [2.45, 2.75) is 6.18 Å². The van der Waals surface area contributed by atoms with E-state index >= 15 is 0 Å². The first kappa shape index (κ1) is 14.4. The maximum Gasteiger partial charge on any atom is 0.416 e. The van der Waals surface area contributed by atoms with Crippen LogP contribution in [0.25, 0.3) is 10.4 Å². The number of ether oxygens (including phenoxy) is 1. The summed E-state index contributed by atoms with van der Waals surface area (Å²) in [4.78, 5) is 15.3. The summed E-state index contributed by atoms with van der Waals surface area (Å²) in [7, 11) is 1.12. The normalized spacial score (nSPS) is 11.4. The van der Waals surface area contributed by atoms with Crippen LogP contribution < -0.4 is 0 Å². The van der Waals surface area contributed by atoms with E-state index in [1.165, 1.54) is 5.51 Å². The van der Waals surface area contributed by atoms with Gasteiger partial charge in [-0.05, 0) is 23.8 Å². The average Bonchev–Trinajstić information content (AvgIpc) is 2.85. The van der Waals surface area contributed by atoms with E-state index in [0.29, 0.717) is 6.07 Å². The molecule has 0 amide bonds. The van der Waals surface area contributed by atoms with Crippen LogP contribution in [0.5, 0.6) is 0 Å². The zero-order valence-corrected chi connectivity index (χ0v) is 10.8. The molecule has 0 aliphatic heterocycles. The molecule has 1 aromatic heterocycles. The van der Waals surface area contributed by atoms with E-state index in [9.17, 15) is 22.4 Å². The molecule has 20 heavy (non-hydrogen) atoms. The third kappa shape index (κ3) is 2.79. The molecule has 0 spiro atoms. The molecule has 0 atom stereocenters. The van der Waals surface area contributed by atoms with Gasteiger partial charge in [0.2, 0.25) is 0 Å². The topological polar surface area (TPSA) is 39.2 Å². The summed E-state index contributed by atoms with van der Waals surface area (Å²) < 4.78 is 55.7. The highest BCUT2D eigenvalue weighted by atomic mass is 32.1. The van der Waals surface area contributed by atoms with Gasteiger partial charge < -0.3 is 4.74 Å². The lowest BCUT2D eigenvalue weighted by Crippen LogP contribution is -2.06. The molecule has 1 aromatic carbocycles. The first-order chi connectivity index (χ1) is 9.32. The van der Waals surface area contributed by atoms with E-state index < -0.39 is 23.5 Å². The minimum atomic E-state index is -4.67. The van der Waals surface area contributed by atoms with Crippen LogP contribution in [0.2, 0.25) is 0 Å². The van der Waals surface area contributed by atoms with Gasteiger partial charge in [0.05, 0.1) is 23.1 Å². The Bertz CT molecular complexity index is 651. The van der Waals surface area contributed by atoms with E-state index in [0.717, 1.165) is 30.6 Å². The van der Waals surface area contributed by atoms with Gasteiger partial charge in [-0.2, -0.15) is 13.2 Å². The molecular formula is C12H7F4NO2S. The van der Waals surface area contributed by atoms with Crippen molar-refractivity contribution in [3.05, 3.63) is 40.8 Å². The Labute approximate surface area is 114 Å². The molecule has 0 saturated carbocycles. The Kier molecular flexibility index (Phi) is 3.76. The van der Waals surface area contributed by atoms with Crippen LogP contribution in [-0.2, 0) is 10.9 Å². The smallest absolute Gasteiger partial charge is 0.416 e. The number of benzene rings is 1. The molecule has 0 aliphatic carbocycles. The van der Waals surface area contributed by atoms with Crippen LogP contribution in [0.4, 0.5) is 17.6 Å². The summed E-state index contributed by atoms with van der Waals surface area (Å²) >= 11 is 0.928.